The molecule has 3 nitrogen and oxygen atoms in total. The second kappa shape index (κ2) is 6.90. The van der Waals surface area contributed by atoms with Gasteiger partial charge in [-0.1, -0.05) is 11.6 Å². The Balaban J connectivity index is 2.79. The summed E-state index contributed by atoms with van der Waals surface area (Å²) >= 11 is 7.83. The molecule has 5 heteroatoms. The average Bonchev–Trinajstić information content (AvgIpc) is 2.34. The first-order valence-electron chi connectivity index (χ1n) is 5.78. The van der Waals surface area contributed by atoms with Crippen molar-refractivity contribution in [2.24, 2.45) is 0 Å². The van der Waals surface area contributed by atoms with Gasteiger partial charge in [0.1, 0.15) is 0 Å². The number of thioether (sulfide) groups is 1. The number of hydrogen-bond donors (Lipinski definition) is 1. The fourth-order valence-corrected chi connectivity index (χ4v) is 2.42. The number of halogens is 1. The highest BCUT2D eigenvalue weighted by Gasteiger charge is 2.19. The van der Waals surface area contributed by atoms with Crippen molar-refractivity contribution in [2.45, 2.75) is 19.4 Å². The van der Waals surface area contributed by atoms with E-state index < -0.39 is 0 Å². The van der Waals surface area contributed by atoms with Crippen LogP contribution in [-0.2, 0) is 0 Å². The Bertz CT molecular complexity index is 425. The highest BCUT2D eigenvalue weighted by Crippen LogP contribution is 2.21. The van der Waals surface area contributed by atoms with Crippen molar-refractivity contribution in [1.82, 2.24) is 4.90 Å². The van der Waals surface area contributed by atoms with Gasteiger partial charge in [0.2, 0.25) is 0 Å². The fraction of sp³-hybridized carbons (Fsp3) is 0.462. The molecule has 0 aliphatic carbocycles. The molecule has 2 N–H and O–H groups in total. The van der Waals surface area contributed by atoms with Gasteiger partial charge in [0.25, 0.3) is 5.91 Å². The minimum atomic E-state index is -0.0615. The summed E-state index contributed by atoms with van der Waals surface area (Å²) < 4.78 is 0. The Kier molecular flexibility index (Phi) is 5.82. The van der Waals surface area contributed by atoms with Gasteiger partial charge in [0.05, 0.1) is 10.6 Å². The van der Waals surface area contributed by atoms with Crippen LogP contribution in [0, 0.1) is 0 Å². The number of amides is 1. The van der Waals surface area contributed by atoms with E-state index in [-0.39, 0.29) is 11.9 Å². The van der Waals surface area contributed by atoms with Crippen LogP contribution in [0.3, 0.4) is 0 Å². The molecule has 100 valence electrons. The number of benzene rings is 1. The lowest BCUT2D eigenvalue weighted by atomic mass is 10.1. The molecule has 18 heavy (non-hydrogen) atoms. The monoisotopic (exact) mass is 286 g/mol. The molecule has 0 saturated heterocycles. The Morgan fingerprint density at radius 2 is 2.22 bits per heavy atom. The van der Waals surface area contributed by atoms with Crippen molar-refractivity contribution in [2.75, 3.05) is 24.8 Å². The number of carbonyl (C=O) groups is 1. The summed E-state index contributed by atoms with van der Waals surface area (Å²) in [7, 11) is 1.81. The van der Waals surface area contributed by atoms with Gasteiger partial charge < -0.3 is 10.6 Å². The molecule has 0 spiro atoms. The van der Waals surface area contributed by atoms with Crippen molar-refractivity contribution >= 4 is 35.0 Å². The zero-order valence-electron chi connectivity index (χ0n) is 10.9. The molecule has 1 atom stereocenters. The number of nitrogens with two attached hydrogens (primary N) is 1. The summed E-state index contributed by atoms with van der Waals surface area (Å²) in [6.45, 7) is 2.04. The Morgan fingerprint density at radius 3 is 2.78 bits per heavy atom. The van der Waals surface area contributed by atoms with Crippen molar-refractivity contribution in [3.8, 4) is 0 Å². The molecule has 0 fully saturated rings. The average molecular weight is 287 g/mol. The number of nitrogen functional groups attached to an aromatic ring is 1. The molecule has 0 bridgehead atoms. The van der Waals surface area contributed by atoms with Gasteiger partial charge in [0, 0.05) is 18.8 Å². The molecule has 0 aliphatic rings. The summed E-state index contributed by atoms with van der Waals surface area (Å²) in [5, 5.41) is 0.406. The maximum absolute atomic E-state index is 12.3. The summed E-state index contributed by atoms with van der Waals surface area (Å²) in [4.78, 5) is 14.0. The number of carbonyl (C=O) groups excluding carboxylic acids is 1. The predicted molar refractivity (Wildman–Crippen MR) is 80.4 cm³/mol. The van der Waals surface area contributed by atoms with E-state index in [1.165, 1.54) is 0 Å². The molecule has 0 heterocycles. The van der Waals surface area contributed by atoms with Gasteiger partial charge in [-0.2, -0.15) is 11.8 Å². The van der Waals surface area contributed by atoms with E-state index in [0.29, 0.717) is 16.3 Å². The van der Waals surface area contributed by atoms with Crippen LogP contribution in [0.5, 0.6) is 0 Å². The minimum absolute atomic E-state index is 0.0615. The maximum atomic E-state index is 12.3. The van der Waals surface area contributed by atoms with Crippen LogP contribution in [0.1, 0.15) is 23.7 Å². The quantitative estimate of drug-likeness (QED) is 0.846. The van der Waals surface area contributed by atoms with Gasteiger partial charge in [-0.25, -0.2) is 0 Å². The van der Waals surface area contributed by atoms with E-state index in [1.807, 2.05) is 6.92 Å². The summed E-state index contributed by atoms with van der Waals surface area (Å²) in [6, 6.07) is 5.17. The first-order valence-corrected chi connectivity index (χ1v) is 7.55. The molecular formula is C13H19ClN2OS. The van der Waals surface area contributed by atoms with E-state index >= 15 is 0 Å². The van der Waals surface area contributed by atoms with E-state index in [9.17, 15) is 4.79 Å². The summed E-state index contributed by atoms with van der Waals surface area (Å²) in [5.74, 6) is 0.974. The Hall–Kier alpha value is -0.870. The molecule has 1 aromatic carbocycles. The van der Waals surface area contributed by atoms with Crippen molar-refractivity contribution < 1.29 is 4.79 Å². The molecule has 1 amide bonds. The van der Waals surface area contributed by atoms with Crippen molar-refractivity contribution in [1.29, 1.82) is 0 Å². The highest BCUT2D eigenvalue weighted by molar-refractivity contribution is 7.98. The van der Waals surface area contributed by atoms with Crippen LogP contribution in [0.25, 0.3) is 0 Å². The van der Waals surface area contributed by atoms with E-state index in [4.69, 9.17) is 17.3 Å². The summed E-state index contributed by atoms with van der Waals surface area (Å²) in [6.07, 6.45) is 3.03. The van der Waals surface area contributed by atoms with Crippen molar-refractivity contribution in [3.63, 3.8) is 0 Å². The van der Waals surface area contributed by atoms with Gasteiger partial charge in [-0.05, 0) is 43.6 Å². The maximum Gasteiger partial charge on any atom is 0.255 e. The smallest absolute Gasteiger partial charge is 0.255 e. The number of rotatable bonds is 5. The van der Waals surface area contributed by atoms with Crippen LogP contribution < -0.4 is 5.73 Å². The molecule has 1 aromatic rings. The molecule has 1 unspecified atom stereocenters. The zero-order valence-corrected chi connectivity index (χ0v) is 12.5. The third-order valence-electron chi connectivity index (χ3n) is 2.94. The molecule has 1 rings (SSSR count). The molecule has 0 saturated carbocycles. The lowest BCUT2D eigenvalue weighted by Crippen LogP contribution is -2.35. The second-order valence-corrected chi connectivity index (χ2v) is 5.68. The summed E-state index contributed by atoms with van der Waals surface area (Å²) in [5.41, 5.74) is 6.69. The third-order valence-corrected chi connectivity index (χ3v) is 3.90. The van der Waals surface area contributed by atoms with Gasteiger partial charge in [-0.15, -0.1) is 0 Å². The molecule has 0 radical (unpaired) electrons. The van der Waals surface area contributed by atoms with Crippen molar-refractivity contribution in [3.05, 3.63) is 28.8 Å². The first-order chi connectivity index (χ1) is 8.47. The number of hydrogen-bond acceptors (Lipinski definition) is 3. The van der Waals surface area contributed by atoms with Crippen LogP contribution in [0.2, 0.25) is 5.02 Å². The van der Waals surface area contributed by atoms with E-state index in [1.54, 1.807) is 41.9 Å². The largest absolute Gasteiger partial charge is 0.399 e. The Morgan fingerprint density at radius 1 is 1.56 bits per heavy atom. The lowest BCUT2D eigenvalue weighted by Gasteiger charge is -2.25. The standard InChI is InChI=1S/C13H19ClN2OS/c1-9(6-7-18-3)16(2)13(17)11-5-4-10(15)8-12(11)14/h4-5,8-9H,6-7,15H2,1-3H3. The fourth-order valence-electron chi connectivity index (χ4n) is 1.58. The van der Waals surface area contributed by atoms with Gasteiger partial charge in [0.15, 0.2) is 0 Å². The predicted octanol–water partition coefficient (Wildman–Crippen LogP) is 3.14. The van der Waals surface area contributed by atoms with Gasteiger partial charge >= 0.3 is 0 Å². The molecular weight excluding hydrogens is 268 g/mol. The van der Waals surface area contributed by atoms with E-state index in [2.05, 4.69) is 6.26 Å². The normalized spacial score (nSPS) is 12.2. The van der Waals surface area contributed by atoms with Crippen LogP contribution in [0.4, 0.5) is 5.69 Å². The lowest BCUT2D eigenvalue weighted by molar-refractivity contribution is 0.0741. The zero-order chi connectivity index (χ0) is 13.7. The van der Waals surface area contributed by atoms with Gasteiger partial charge in [-0.3, -0.25) is 4.79 Å². The highest BCUT2D eigenvalue weighted by atomic mass is 35.5. The first kappa shape index (κ1) is 15.2. The SMILES string of the molecule is CSCCC(C)N(C)C(=O)c1ccc(N)cc1Cl. The van der Waals surface area contributed by atoms with Crippen LogP contribution in [0.15, 0.2) is 18.2 Å². The minimum Gasteiger partial charge on any atom is -0.399 e. The van der Waals surface area contributed by atoms with Crippen LogP contribution in [-0.4, -0.2) is 35.9 Å². The second-order valence-electron chi connectivity index (χ2n) is 4.29. The number of nitrogens with zero attached hydrogens (tertiary/aromatic N) is 1. The molecule has 0 aromatic heterocycles. The number of anilines is 1. The topological polar surface area (TPSA) is 46.3 Å². The van der Waals surface area contributed by atoms with Crippen LogP contribution >= 0.6 is 23.4 Å². The van der Waals surface area contributed by atoms with E-state index in [0.717, 1.165) is 12.2 Å². The Labute approximate surface area is 118 Å². The molecule has 0 aliphatic heterocycles. The third kappa shape index (κ3) is 3.82.